The second-order valence-electron chi connectivity index (χ2n) is 2.10. The summed E-state index contributed by atoms with van der Waals surface area (Å²) in [4.78, 5) is 20.6. The van der Waals surface area contributed by atoms with Crippen LogP contribution in [0.4, 0.5) is 0 Å². The maximum Gasteiger partial charge on any atom is 0.229 e. The van der Waals surface area contributed by atoms with Gasteiger partial charge in [-0.15, -0.1) is 6.58 Å². The van der Waals surface area contributed by atoms with E-state index in [-0.39, 0.29) is 18.8 Å². The third-order valence-corrected chi connectivity index (χ3v) is 1.03. The van der Waals surface area contributed by atoms with Gasteiger partial charge in [0.15, 0.2) is 5.78 Å². The summed E-state index contributed by atoms with van der Waals surface area (Å²) in [5.41, 5.74) is 0. The van der Waals surface area contributed by atoms with E-state index >= 15 is 0 Å². The molecular formula is C8H11O3. The number of hydrogen-bond acceptors (Lipinski definition) is 3. The Bertz CT molecular complexity index is 151. The summed E-state index contributed by atoms with van der Waals surface area (Å²) in [7, 11) is 0. The Kier molecular flexibility index (Phi) is 5.29. The lowest BCUT2D eigenvalue weighted by Crippen LogP contribution is -2.15. The first-order valence-electron chi connectivity index (χ1n) is 3.32. The van der Waals surface area contributed by atoms with Crippen LogP contribution in [0.2, 0.25) is 0 Å². The topological polar surface area (TPSA) is 43.4 Å². The number of carbonyl (C=O) groups is 1. The molecule has 0 amide bonds. The van der Waals surface area contributed by atoms with Gasteiger partial charge >= 0.3 is 0 Å². The van der Waals surface area contributed by atoms with E-state index in [1.807, 2.05) is 0 Å². The molecular weight excluding hydrogens is 144 g/mol. The van der Waals surface area contributed by atoms with Gasteiger partial charge in [-0.2, -0.15) is 0 Å². The summed E-state index contributed by atoms with van der Waals surface area (Å²) in [6.45, 7) is 4.89. The molecule has 1 radical (unpaired) electrons. The van der Waals surface area contributed by atoms with E-state index in [4.69, 9.17) is 4.74 Å². The van der Waals surface area contributed by atoms with E-state index in [0.717, 1.165) is 0 Å². The van der Waals surface area contributed by atoms with Crippen molar-refractivity contribution >= 4 is 12.1 Å². The molecule has 3 nitrogen and oxygen atoms in total. The first-order chi connectivity index (χ1) is 5.20. The van der Waals surface area contributed by atoms with E-state index < -0.39 is 6.10 Å². The Hall–Kier alpha value is -0.960. The lowest BCUT2D eigenvalue weighted by atomic mass is 10.3. The fourth-order valence-electron chi connectivity index (χ4n) is 0.472. The van der Waals surface area contributed by atoms with Gasteiger partial charge in [0, 0.05) is 6.42 Å². The van der Waals surface area contributed by atoms with Crippen molar-refractivity contribution in [2.24, 2.45) is 0 Å². The van der Waals surface area contributed by atoms with E-state index in [1.165, 1.54) is 13.0 Å². The molecule has 11 heavy (non-hydrogen) atoms. The van der Waals surface area contributed by atoms with Crippen LogP contribution >= 0.6 is 0 Å². The monoisotopic (exact) mass is 155 g/mol. The highest BCUT2D eigenvalue weighted by molar-refractivity contribution is 5.81. The van der Waals surface area contributed by atoms with Crippen molar-refractivity contribution in [3.05, 3.63) is 12.7 Å². The van der Waals surface area contributed by atoms with Crippen molar-refractivity contribution < 1.29 is 14.3 Å². The van der Waals surface area contributed by atoms with Crippen molar-refractivity contribution in [1.82, 2.24) is 0 Å². The van der Waals surface area contributed by atoms with Crippen LogP contribution in [0, 0.1) is 0 Å². The third kappa shape index (κ3) is 5.48. The number of ketones is 1. The van der Waals surface area contributed by atoms with Crippen LogP contribution in [-0.4, -0.2) is 24.8 Å². The maximum atomic E-state index is 10.7. The number of hydrogen-bond donors (Lipinski definition) is 0. The summed E-state index contributed by atoms with van der Waals surface area (Å²) in [5.74, 6) is -0.0814. The molecule has 0 bridgehead atoms. The largest absolute Gasteiger partial charge is 0.362 e. The van der Waals surface area contributed by atoms with Gasteiger partial charge in [0.05, 0.1) is 0 Å². The Labute approximate surface area is 66.0 Å². The summed E-state index contributed by atoms with van der Waals surface area (Å²) < 4.78 is 4.78. The summed E-state index contributed by atoms with van der Waals surface area (Å²) in [6, 6.07) is 0. The average Bonchev–Trinajstić information content (AvgIpc) is 2.01. The molecule has 0 heterocycles. The van der Waals surface area contributed by atoms with Gasteiger partial charge < -0.3 is 4.74 Å². The zero-order chi connectivity index (χ0) is 8.69. The molecule has 3 heteroatoms. The zero-order valence-electron chi connectivity index (χ0n) is 6.50. The molecule has 0 aromatic carbocycles. The second-order valence-corrected chi connectivity index (χ2v) is 2.10. The van der Waals surface area contributed by atoms with Crippen molar-refractivity contribution in [1.29, 1.82) is 0 Å². The second kappa shape index (κ2) is 5.80. The average molecular weight is 155 g/mol. The van der Waals surface area contributed by atoms with Crippen LogP contribution < -0.4 is 0 Å². The predicted octanol–water partition coefficient (Wildman–Crippen LogP) is 0.646. The molecule has 0 fully saturated rings. The standard InChI is InChI=1S/C8H11O3/c1-3-4-8(10)6-11-7(2)5-9/h3,7H,1,4,6H2,2H3. The number of carbonyl (C=O) groups excluding carboxylic acids is 2. The lowest BCUT2D eigenvalue weighted by molar-refractivity contribution is -0.123. The van der Waals surface area contributed by atoms with Crippen molar-refractivity contribution in [2.75, 3.05) is 6.61 Å². The van der Waals surface area contributed by atoms with Crippen molar-refractivity contribution in [3.8, 4) is 0 Å². The molecule has 0 rings (SSSR count). The summed E-state index contributed by atoms with van der Waals surface area (Å²) >= 11 is 0. The smallest absolute Gasteiger partial charge is 0.229 e. The molecule has 0 aliphatic heterocycles. The molecule has 0 aliphatic carbocycles. The minimum atomic E-state index is -0.622. The van der Waals surface area contributed by atoms with Crippen LogP contribution in [0.3, 0.4) is 0 Å². The fraction of sp³-hybridized carbons (Fsp3) is 0.500. The van der Waals surface area contributed by atoms with Gasteiger partial charge in [-0.3, -0.25) is 9.59 Å². The lowest BCUT2D eigenvalue weighted by Gasteiger charge is -2.02. The minimum absolute atomic E-state index is 0.0393. The van der Waals surface area contributed by atoms with Gasteiger partial charge in [-0.05, 0) is 6.92 Å². The Morgan fingerprint density at radius 1 is 1.82 bits per heavy atom. The zero-order valence-corrected chi connectivity index (χ0v) is 6.50. The molecule has 0 N–H and O–H groups in total. The van der Waals surface area contributed by atoms with E-state index in [2.05, 4.69) is 6.58 Å². The first-order valence-corrected chi connectivity index (χ1v) is 3.32. The highest BCUT2D eigenvalue weighted by Gasteiger charge is 2.03. The summed E-state index contributed by atoms with van der Waals surface area (Å²) in [6.07, 6.45) is 2.77. The van der Waals surface area contributed by atoms with Crippen LogP contribution in [0.25, 0.3) is 0 Å². The highest BCUT2D eigenvalue weighted by atomic mass is 16.5. The Balaban J connectivity index is 3.44. The van der Waals surface area contributed by atoms with Gasteiger partial charge in [0.1, 0.15) is 12.7 Å². The quantitative estimate of drug-likeness (QED) is 0.529. The molecule has 0 saturated carbocycles. The molecule has 0 aromatic heterocycles. The Morgan fingerprint density at radius 2 is 2.45 bits per heavy atom. The van der Waals surface area contributed by atoms with E-state index in [9.17, 15) is 9.59 Å². The number of allylic oxidation sites excluding steroid dienone is 1. The van der Waals surface area contributed by atoms with Crippen LogP contribution in [0.15, 0.2) is 12.7 Å². The third-order valence-electron chi connectivity index (χ3n) is 1.03. The van der Waals surface area contributed by atoms with Crippen LogP contribution in [0.1, 0.15) is 13.3 Å². The van der Waals surface area contributed by atoms with E-state index in [0.29, 0.717) is 0 Å². The predicted molar refractivity (Wildman–Crippen MR) is 40.9 cm³/mol. The normalized spacial score (nSPS) is 12.1. The molecule has 0 aliphatic rings. The fourth-order valence-corrected chi connectivity index (χ4v) is 0.472. The number of ether oxygens (including phenoxy) is 1. The molecule has 61 valence electrons. The van der Waals surface area contributed by atoms with Gasteiger partial charge in [0.2, 0.25) is 6.29 Å². The highest BCUT2D eigenvalue weighted by Crippen LogP contribution is 1.89. The van der Waals surface area contributed by atoms with Crippen molar-refractivity contribution in [2.45, 2.75) is 19.4 Å². The molecule has 0 aromatic rings. The van der Waals surface area contributed by atoms with Crippen molar-refractivity contribution in [3.63, 3.8) is 0 Å². The SMILES string of the molecule is C=CCC(=O)COC(C)[C]=O. The molecule has 1 unspecified atom stereocenters. The Morgan fingerprint density at radius 3 is 2.91 bits per heavy atom. The molecule has 0 saturated heterocycles. The van der Waals surface area contributed by atoms with E-state index in [1.54, 1.807) is 6.29 Å². The number of rotatable bonds is 6. The maximum absolute atomic E-state index is 10.7. The molecule has 0 spiro atoms. The number of Topliss-reactive ketones (excluding diaryl/α,β-unsaturated/α-hetero) is 1. The van der Waals surface area contributed by atoms with Gasteiger partial charge in [-0.25, -0.2) is 0 Å². The van der Waals surface area contributed by atoms with Crippen LogP contribution in [-0.2, 0) is 14.3 Å². The summed E-state index contributed by atoms with van der Waals surface area (Å²) in [5, 5.41) is 0. The van der Waals surface area contributed by atoms with Crippen LogP contribution in [0.5, 0.6) is 0 Å². The minimum Gasteiger partial charge on any atom is -0.362 e. The first kappa shape index (κ1) is 10.0. The molecule has 1 atom stereocenters. The van der Waals surface area contributed by atoms with Gasteiger partial charge in [-0.1, -0.05) is 6.08 Å². The van der Waals surface area contributed by atoms with Gasteiger partial charge in [0.25, 0.3) is 0 Å².